The highest BCUT2D eigenvalue weighted by Gasteiger charge is 2.16. The summed E-state index contributed by atoms with van der Waals surface area (Å²) in [5.74, 6) is -0.930. The van der Waals surface area contributed by atoms with E-state index in [0.29, 0.717) is 22.4 Å². The van der Waals surface area contributed by atoms with Gasteiger partial charge in [-0.05, 0) is 30.3 Å². The fourth-order valence-electron chi connectivity index (χ4n) is 3.20. The number of aromatic nitrogens is 6. The first kappa shape index (κ1) is 18.4. The standard InChI is InChI=1S/C21H14FN7O2/c22-14-5-1-3-7-17(14)28-10-9-16(27-28)21(31)26-15-6-2-4-8-18(15)29-19-13(11-25-29)20(30)24-12-23-19/h1-12H,(H,26,31)(H,23,24,30). The Hall–Kier alpha value is -4.60. The van der Waals surface area contributed by atoms with Crippen molar-refractivity contribution in [3.05, 3.63) is 95.2 Å². The van der Waals surface area contributed by atoms with Gasteiger partial charge in [0.05, 0.1) is 23.9 Å². The first-order chi connectivity index (χ1) is 15.1. The third kappa shape index (κ3) is 3.25. The zero-order valence-corrected chi connectivity index (χ0v) is 15.9. The maximum absolute atomic E-state index is 14.0. The Morgan fingerprint density at radius 1 is 1.03 bits per heavy atom. The van der Waals surface area contributed by atoms with Crippen molar-refractivity contribution in [3.8, 4) is 11.4 Å². The van der Waals surface area contributed by atoms with Crippen LogP contribution in [0.15, 0.2) is 78.1 Å². The largest absolute Gasteiger partial charge is 0.319 e. The summed E-state index contributed by atoms with van der Waals surface area (Å²) in [7, 11) is 0. The molecule has 0 aliphatic carbocycles. The lowest BCUT2D eigenvalue weighted by molar-refractivity contribution is 0.102. The minimum atomic E-state index is -0.482. The van der Waals surface area contributed by atoms with Gasteiger partial charge in [0.25, 0.3) is 11.5 Å². The van der Waals surface area contributed by atoms with Gasteiger partial charge in [-0.3, -0.25) is 9.59 Å². The molecule has 31 heavy (non-hydrogen) atoms. The maximum atomic E-state index is 14.0. The number of H-pyrrole nitrogens is 1. The van der Waals surface area contributed by atoms with Crippen molar-refractivity contribution in [1.82, 2.24) is 29.5 Å². The molecule has 152 valence electrons. The van der Waals surface area contributed by atoms with Gasteiger partial charge in [0, 0.05) is 6.20 Å². The fourth-order valence-corrected chi connectivity index (χ4v) is 3.20. The van der Waals surface area contributed by atoms with Gasteiger partial charge in [-0.25, -0.2) is 18.7 Å². The molecule has 0 unspecified atom stereocenters. The molecule has 10 heteroatoms. The van der Waals surface area contributed by atoms with Gasteiger partial charge in [-0.15, -0.1) is 0 Å². The molecule has 9 nitrogen and oxygen atoms in total. The van der Waals surface area contributed by atoms with E-state index in [1.165, 1.54) is 40.2 Å². The number of para-hydroxylation sites is 3. The number of carbonyl (C=O) groups is 1. The number of amides is 1. The number of fused-ring (bicyclic) bond motifs is 1. The Balaban J connectivity index is 1.48. The highest BCUT2D eigenvalue weighted by molar-refractivity contribution is 6.04. The minimum Gasteiger partial charge on any atom is -0.319 e. The number of halogens is 1. The van der Waals surface area contributed by atoms with Crippen molar-refractivity contribution in [2.24, 2.45) is 0 Å². The zero-order chi connectivity index (χ0) is 21.4. The third-order valence-electron chi connectivity index (χ3n) is 4.67. The highest BCUT2D eigenvalue weighted by atomic mass is 19.1. The number of hydrogen-bond donors (Lipinski definition) is 2. The molecule has 3 heterocycles. The molecule has 0 bridgehead atoms. The van der Waals surface area contributed by atoms with E-state index >= 15 is 0 Å². The highest BCUT2D eigenvalue weighted by Crippen LogP contribution is 2.23. The van der Waals surface area contributed by atoms with Crippen LogP contribution in [-0.2, 0) is 0 Å². The first-order valence-corrected chi connectivity index (χ1v) is 9.24. The van der Waals surface area contributed by atoms with Crippen LogP contribution in [0.25, 0.3) is 22.4 Å². The van der Waals surface area contributed by atoms with Gasteiger partial charge in [0.15, 0.2) is 11.3 Å². The molecule has 0 saturated heterocycles. The van der Waals surface area contributed by atoms with Gasteiger partial charge in [0.1, 0.15) is 16.9 Å². The normalized spacial score (nSPS) is 11.0. The molecule has 5 rings (SSSR count). The Bertz CT molecular complexity index is 1480. The summed E-state index contributed by atoms with van der Waals surface area (Å²) < 4.78 is 16.8. The molecule has 2 N–H and O–H groups in total. The van der Waals surface area contributed by atoms with Crippen molar-refractivity contribution in [2.75, 3.05) is 5.32 Å². The van der Waals surface area contributed by atoms with Crippen LogP contribution in [0.3, 0.4) is 0 Å². The van der Waals surface area contributed by atoms with Gasteiger partial charge in [-0.1, -0.05) is 24.3 Å². The van der Waals surface area contributed by atoms with E-state index in [4.69, 9.17) is 0 Å². The molecule has 0 radical (unpaired) electrons. The molecule has 3 aromatic heterocycles. The van der Waals surface area contributed by atoms with E-state index in [2.05, 4.69) is 25.5 Å². The first-order valence-electron chi connectivity index (χ1n) is 9.24. The smallest absolute Gasteiger partial charge is 0.276 e. The number of hydrogen-bond acceptors (Lipinski definition) is 5. The monoisotopic (exact) mass is 415 g/mol. The van der Waals surface area contributed by atoms with Gasteiger partial charge < -0.3 is 10.3 Å². The van der Waals surface area contributed by atoms with Crippen molar-refractivity contribution < 1.29 is 9.18 Å². The minimum absolute atomic E-state index is 0.109. The topological polar surface area (TPSA) is 110 Å². The van der Waals surface area contributed by atoms with E-state index in [1.807, 2.05) is 0 Å². The Kier molecular flexibility index (Phi) is 4.36. The fraction of sp³-hybridized carbons (Fsp3) is 0. The summed E-state index contributed by atoms with van der Waals surface area (Å²) in [6.07, 6.45) is 4.21. The zero-order valence-electron chi connectivity index (χ0n) is 15.9. The van der Waals surface area contributed by atoms with E-state index in [0.717, 1.165) is 0 Å². The summed E-state index contributed by atoms with van der Waals surface area (Å²) in [4.78, 5) is 31.4. The van der Waals surface area contributed by atoms with Crippen molar-refractivity contribution in [3.63, 3.8) is 0 Å². The molecule has 0 atom stereocenters. The SMILES string of the molecule is O=C(Nc1ccccc1-n1ncc2c(=O)[nH]cnc21)c1ccn(-c2ccccc2F)n1. The van der Waals surface area contributed by atoms with Crippen LogP contribution in [0, 0.1) is 5.82 Å². The quantitative estimate of drug-likeness (QED) is 0.469. The summed E-state index contributed by atoms with van der Waals surface area (Å²) in [6, 6.07) is 14.6. The van der Waals surface area contributed by atoms with E-state index < -0.39 is 11.7 Å². The van der Waals surface area contributed by atoms with Crippen LogP contribution < -0.4 is 10.9 Å². The lowest BCUT2D eigenvalue weighted by Gasteiger charge is -2.10. The second-order valence-corrected chi connectivity index (χ2v) is 6.59. The Morgan fingerprint density at radius 2 is 1.81 bits per heavy atom. The lowest BCUT2D eigenvalue weighted by Crippen LogP contribution is -2.15. The van der Waals surface area contributed by atoms with E-state index in [1.54, 1.807) is 42.5 Å². The number of aromatic amines is 1. The maximum Gasteiger partial charge on any atom is 0.276 e. The molecule has 0 spiro atoms. The number of nitrogens with one attached hydrogen (secondary N) is 2. The van der Waals surface area contributed by atoms with E-state index in [-0.39, 0.29) is 16.9 Å². The van der Waals surface area contributed by atoms with Crippen LogP contribution in [0.1, 0.15) is 10.5 Å². The van der Waals surface area contributed by atoms with Crippen molar-refractivity contribution in [1.29, 1.82) is 0 Å². The molecule has 2 aromatic carbocycles. The van der Waals surface area contributed by atoms with Gasteiger partial charge in [0.2, 0.25) is 0 Å². The third-order valence-corrected chi connectivity index (χ3v) is 4.67. The van der Waals surface area contributed by atoms with Crippen molar-refractivity contribution in [2.45, 2.75) is 0 Å². The Morgan fingerprint density at radius 3 is 2.65 bits per heavy atom. The number of rotatable bonds is 4. The molecule has 0 saturated carbocycles. The molecule has 1 amide bonds. The van der Waals surface area contributed by atoms with Crippen LogP contribution >= 0.6 is 0 Å². The summed E-state index contributed by atoms with van der Waals surface area (Å²) in [6.45, 7) is 0. The molecule has 0 fully saturated rings. The second-order valence-electron chi connectivity index (χ2n) is 6.59. The van der Waals surface area contributed by atoms with Gasteiger partial charge >= 0.3 is 0 Å². The Labute approximate surface area is 173 Å². The number of benzene rings is 2. The number of carbonyl (C=O) groups excluding carboxylic acids is 1. The molecule has 0 aliphatic heterocycles. The van der Waals surface area contributed by atoms with E-state index in [9.17, 15) is 14.0 Å². The predicted molar refractivity (Wildman–Crippen MR) is 111 cm³/mol. The van der Waals surface area contributed by atoms with Crippen LogP contribution in [-0.4, -0.2) is 35.4 Å². The summed E-state index contributed by atoms with van der Waals surface area (Å²) in [5, 5.41) is 11.5. The average molecular weight is 415 g/mol. The average Bonchev–Trinajstić information content (AvgIpc) is 3.43. The molecule has 0 aliphatic rings. The summed E-state index contributed by atoms with van der Waals surface area (Å²) >= 11 is 0. The van der Waals surface area contributed by atoms with Crippen LogP contribution in [0.5, 0.6) is 0 Å². The second kappa shape index (κ2) is 7.34. The van der Waals surface area contributed by atoms with Crippen molar-refractivity contribution >= 4 is 22.6 Å². The van der Waals surface area contributed by atoms with Crippen LogP contribution in [0.2, 0.25) is 0 Å². The summed E-state index contributed by atoms with van der Waals surface area (Å²) in [5.41, 5.74) is 1.36. The predicted octanol–water partition coefficient (Wildman–Crippen LogP) is 2.69. The molecule has 5 aromatic rings. The van der Waals surface area contributed by atoms with Gasteiger partial charge in [-0.2, -0.15) is 10.2 Å². The number of nitrogens with zero attached hydrogens (tertiary/aromatic N) is 5. The molecular formula is C21H14FN7O2. The number of anilines is 1. The lowest BCUT2D eigenvalue weighted by atomic mass is 10.2. The molecular weight excluding hydrogens is 401 g/mol. The van der Waals surface area contributed by atoms with Crippen LogP contribution in [0.4, 0.5) is 10.1 Å².